The number of nitrogens with one attached hydrogen (secondary N) is 2. The minimum Gasteiger partial charge on any atom is -0.444 e. The van der Waals surface area contributed by atoms with Crippen molar-refractivity contribution < 1.29 is 23.0 Å². The molecule has 1 atom stereocenters. The molecule has 6 rings (SSSR count). The summed E-state index contributed by atoms with van der Waals surface area (Å²) in [6, 6.07) is 2.06. The number of nitriles is 1. The molecule has 1 fully saturated rings. The largest absolute Gasteiger partial charge is 0.444 e. The standard InChI is InChI=1S/C30H31F2N7O3S/c1-29(2,3)42-28(40)38-26-15(9-33)21-24(34-11-19(31)25(21)43-26)20-18-13-41-12-17(18)16-10-35-27(37-23(16)22(20)32)30(14-39(4)5)7-6-8-36-30/h10-11,36H,6-8,12-14H2,1-5H3,(H,38,40)/t30-/m0/s1. The summed E-state index contributed by atoms with van der Waals surface area (Å²) in [7, 11) is 3.94. The van der Waals surface area contributed by atoms with Crippen LogP contribution in [0.3, 0.4) is 0 Å². The molecule has 2 aliphatic rings. The van der Waals surface area contributed by atoms with Crippen molar-refractivity contribution in [2.45, 2.75) is 58.0 Å². The van der Waals surface area contributed by atoms with Crippen molar-refractivity contribution in [1.29, 1.82) is 5.26 Å². The smallest absolute Gasteiger partial charge is 0.412 e. The second-order valence-corrected chi connectivity index (χ2v) is 13.2. The summed E-state index contributed by atoms with van der Waals surface area (Å²) in [6.07, 6.45) is 3.59. The molecule has 0 aliphatic carbocycles. The Balaban J connectivity index is 1.57. The maximum atomic E-state index is 16.9. The van der Waals surface area contributed by atoms with E-state index < -0.39 is 28.9 Å². The number of carbonyl (C=O) groups is 1. The summed E-state index contributed by atoms with van der Waals surface area (Å²) in [4.78, 5) is 28.4. The van der Waals surface area contributed by atoms with Crippen LogP contribution in [0.15, 0.2) is 12.4 Å². The van der Waals surface area contributed by atoms with E-state index >= 15 is 8.78 Å². The Hall–Kier alpha value is -3.83. The first-order chi connectivity index (χ1) is 20.4. The molecular weight excluding hydrogens is 576 g/mol. The lowest BCUT2D eigenvalue weighted by Gasteiger charge is -2.31. The molecule has 2 N–H and O–H groups in total. The van der Waals surface area contributed by atoms with Crippen LogP contribution in [0, 0.1) is 23.0 Å². The van der Waals surface area contributed by atoms with Crippen LogP contribution in [0.4, 0.5) is 18.6 Å². The summed E-state index contributed by atoms with van der Waals surface area (Å²) in [5.41, 5.74) is 0.170. The average Bonchev–Trinajstić information content (AvgIpc) is 3.68. The molecule has 0 unspecified atom stereocenters. The lowest BCUT2D eigenvalue weighted by molar-refractivity contribution is 0.0636. The van der Waals surface area contributed by atoms with Crippen molar-refractivity contribution in [3.05, 3.63) is 46.5 Å². The highest BCUT2D eigenvalue weighted by molar-refractivity contribution is 7.23. The molecule has 224 valence electrons. The first-order valence-electron chi connectivity index (χ1n) is 13.9. The number of ether oxygens (including phenoxy) is 2. The highest BCUT2D eigenvalue weighted by atomic mass is 32.1. The van der Waals surface area contributed by atoms with E-state index in [9.17, 15) is 10.1 Å². The van der Waals surface area contributed by atoms with Gasteiger partial charge in [0.05, 0.1) is 40.9 Å². The predicted octanol–water partition coefficient (Wildman–Crippen LogP) is 5.57. The SMILES string of the molecule is CN(C)C[C@]1(c2ncc3c4c(c(-c5ncc(F)c6sc(NC(=O)OC(C)(C)C)c(C#N)c56)c(F)c3n2)COC4)CCCN1. The number of rotatable bonds is 5. The fourth-order valence-electron chi connectivity index (χ4n) is 5.98. The van der Waals surface area contributed by atoms with Crippen LogP contribution >= 0.6 is 11.3 Å². The van der Waals surface area contributed by atoms with Gasteiger partial charge in [-0.2, -0.15) is 5.26 Å². The molecule has 0 saturated carbocycles. The Morgan fingerprint density at radius 3 is 2.70 bits per heavy atom. The summed E-state index contributed by atoms with van der Waals surface area (Å²) in [5.74, 6) is -0.864. The van der Waals surface area contributed by atoms with Crippen molar-refractivity contribution in [2.24, 2.45) is 0 Å². The quantitative estimate of drug-likeness (QED) is 0.299. The van der Waals surface area contributed by atoms with Crippen molar-refractivity contribution in [1.82, 2.24) is 25.2 Å². The van der Waals surface area contributed by atoms with E-state index in [0.717, 1.165) is 42.5 Å². The molecule has 0 radical (unpaired) electrons. The molecule has 4 aromatic rings. The molecular formula is C30H31F2N7O3S. The average molecular weight is 608 g/mol. The van der Waals surface area contributed by atoms with Crippen LogP contribution in [-0.4, -0.2) is 58.7 Å². The van der Waals surface area contributed by atoms with Crippen LogP contribution < -0.4 is 10.6 Å². The van der Waals surface area contributed by atoms with Crippen molar-refractivity contribution in [2.75, 3.05) is 32.5 Å². The van der Waals surface area contributed by atoms with E-state index in [2.05, 4.69) is 21.7 Å². The zero-order chi connectivity index (χ0) is 30.7. The van der Waals surface area contributed by atoms with E-state index in [1.54, 1.807) is 27.0 Å². The highest BCUT2D eigenvalue weighted by Gasteiger charge is 2.39. The van der Waals surface area contributed by atoms with Crippen LogP contribution in [0.1, 0.15) is 56.1 Å². The maximum absolute atomic E-state index is 16.9. The van der Waals surface area contributed by atoms with Crippen molar-refractivity contribution in [3.8, 4) is 17.3 Å². The van der Waals surface area contributed by atoms with E-state index in [1.807, 2.05) is 19.0 Å². The number of likely N-dealkylation sites (N-methyl/N-ethyl adjacent to an activating group) is 1. The molecule has 1 aromatic carbocycles. The van der Waals surface area contributed by atoms with Gasteiger partial charge in [0.1, 0.15) is 28.0 Å². The van der Waals surface area contributed by atoms with Crippen LogP contribution in [0.25, 0.3) is 32.2 Å². The molecule has 2 aliphatic heterocycles. The Kier molecular flexibility index (Phi) is 7.29. The normalized spacial score (nSPS) is 18.4. The number of halogens is 2. The summed E-state index contributed by atoms with van der Waals surface area (Å²) >= 11 is 0.864. The van der Waals surface area contributed by atoms with Gasteiger partial charge in [-0.1, -0.05) is 0 Å². The van der Waals surface area contributed by atoms with Crippen LogP contribution in [-0.2, 0) is 28.2 Å². The monoisotopic (exact) mass is 607 g/mol. The van der Waals surface area contributed by atoms with E-state index in [0.29, 0.717) is 23.3 Å². The lowest BCUT2D eigenvalue weighted by Crippen LogP contribution is -2.46. The zero-order valence-corrected chi connectivity index (χ0v) is 25.3. The molecule has 13 heteroatoms. The number of carbonyl (C=O) groups excluding carboxylic acids is 1. The van der Waals surface area contributed by atoms with Gasteiger partial charge in [-0.25, -0.2) is 23.5 Å². The Morgan fingerprint density at radius 2 is 2.02 bits per heavy atom. The van der Waals surface area contributed by atoms with Crippen molar-refractivity contribution in [3.63, 3.8) is 0 Å². The molecule has 0 bridgehead atoms. The molecule has 43 heavy (non-hydrogen) atoms. The molecule has 10 nitrogen and oxygen atoms in total. The number of amides is 1. The number of anilines is 1. The lowest BCUT2D eigenvalue weighted by atomic mass is 9.92. The van der Waals surface area contributed by atoms with Crippen molar-refractivity contribution >= 4 is 43.4 Å². The van der Waals surface area contributed by atoms with Gasteiger partial charge in [0.15, 0.2) is 11.6 Å². The number of thiophene rings is 1. The first-order valence-corrected chi connectivity index (χ1v) is 14.7. The Labute approximate surface area is 251 Å². The van der Waals surface area contributed by atoms with Gasteiger partial charge in [0.2, 0.25) is 0 Å². The number of aromatic nitrogens is 3. The molecule has 1 saturated heterocycles. The topological polar surface area (TPSA) is 125 Å². The highest BCUT2D eigenvalue weighted by Crippen LogP contribution is 2.46. The number of hydrogen-bond donors (Lipinski definition) is 2. The minimum atomic E-state index is -0.798. The third-order valence-corrected chi connectivity index (χ3v) is 8.70. The first kappa shape index (κ1) is 29.3. The van der Waals surface area contributed by atoms with E-state index in [-0.39, 0.29) is 50.6 Å². The van der Waals surface area contributed by atoms with Gasteiger partial charge in [-0.15, -0.1) is 11.3 Å². The Bertz CT molecular complexity index is 1820. The number of hydrogen-bond acceptors (Lipinski definition) is 10. The Morgan fingerprint density at radius 1 is 1.26 bits per heavy atom. The molecule has 0 spiro atoms. The summed E-state index contributed by atoms with van der Waals surface area (Å²) in [6.45, 7) is 6.86. The summed E-state index contributed by atoms with van der Waals surface area (Å²) < 4.78 is 43.2. The molecule has 1 amide bonds. The second-order valence-electron chi connectivity index (χ2n) is 12.1. The minimum absolute atomic E-state index is 0.0384. The van der Waals surface area contributed by atoms with Gasteiger partial charge in [0.25, 0.3) is 0 Å². The molecule has 5 heterocycles. The van der Waals surface area contributed by atoms with Gasteiger partial charge < -0.3 is 19.7 Å². The van der Waals surface area contributed by atoms with Gasteiger partial charge in [-0.3, -0.25) is 10.3 Å². The third kappa shape index (κ3) is 5.08. The van der Waals surface area contributed by atoms with Gasteiger partial charge in [0, 0.05) is 29.1 Å². The third-order valence-electron chi connectivity index (χ3n) is 7.59. The number of pyridine rings is 1. The maximum Gasteiger partial charge on any atom is 0.412 e. The second kappa shape index (κ2) is 10.7. The van der Waals surface area contributed by atoms with Crippen LogP contribution in [0.5, 0.6) is 0 Å². The fourth-order valence-corrected chi connectivity index (χ4v) is 7.02. The van der Waals surface area contributed by atoms with E-state index in [1.165, 1.54) is 0 Å². The van der Waals surface area contributed by atoms with Crippen LogP contribution in [0.2, 0.25) is 0 Å². The zero-order valence-electron chi connectivity index (χ0n) is 24.5. The van der Waals surface area contributed by atoms with Gasteiger partial charge in [-0.05, 0) is 65.4 Å². The van der Waals surface area contributed by atoms with E-state index in [4.69, 9.17) is 19.4 Å². The van der Waals surface area contributed by atoms with Gasteiger partial charge >= 0.3 is 6.09 Å². The fraction of sp³-hybridized carbons (Fsp3) is 0.433. The number of benzene rings is 1. The summed E-state index contributed by atoms with van der Waals surface area (Å²) in [5, 5.41) is 17.0. The molecule has 3 aromatic heterocycles. The number of fused-ring (bicyclic) bond motifs is 4. The number of nitrogens with zero attached hydrogens (tertiary/aromatic N) is 5. The predicted molar refractivity (Wildman–Crippen MR) is 159 cm³/mol.